The molecule has 0 saturated carbocycles. The summed E-state index contributed by atoms with van der Waals surface area (Å²) in [7, 11) is 2.01. The molecule has 1 heterocycles. The maximum absolute atomic E-state index is 4.34. The van der Waals surface area contributed by atoms with Crippen LogP contribution in [0.1, 0.15) is 48.0 Å². The van der Waals surface area contributed by atoms with Gasteiger partial charge in [-0.3, -0.25) is 0 Å². The Kier molecular flexibility index (Phi) is 5.45. The quantitative estimate of drug-likeness (QED) is 0.883. The number of benzene rings is 1. The molecule has 112 valence electrons. The monoisotopic (exact) mass is 283 g/mol. The van der Waals surface area contributed by atoms with Gasteiger partial charge in [-0.15, -0.1) is 0 Å². The van der Waals surface area contributed by atoms with E-state index in [1.165, 1.54) is 16.7 Å². The number of nitrogens with zero attached hydrogens (tertiary/aromatic N) is 2. The lowest BCUT2D eigenvalue weighted by Gasteiger charge is -2.19. The van der Waals surface area contributed by atoms with Gasteiger partial charge in [0.1, 0.15) is 0 Å². The summed E-state index contributed by atoms with van der Waals surface area (Å²) >= 11 is 0. The first-order valence-corrected chi connectivity index (χ1v) is 7.76. The molecule has 0 fully saturated rings. The summed E-state index contributed by atoms with van der Waals surface area (Å²) < 4.78 is 0. The summed E-state index contributed by atoms with van der Waals surface area (Å²) in [6.07, 6.45) is 2.97. The van der Waals surface area contributed by atoms with Crippen LogP contribution in [-0.2, 0) is 19.3 Å². The van der Waals surface area contributed by atoms with Crippen LogP contribution in [0.3, 0.4) is 0 Å². The first-order chi connectivity index (χ1) is 10.2. The highest BCUT2D eigenvalue weighted by Gasteiger charge is 2.15. The van der Waals surface area contributed by atoms with Gasteiger partial charge in [0.05, 0.1) is 11.4 Å². The summed E-state index contributed by atoms with van der Waals surface area (Å²) in [4.78, 5) is 0. The Morgan fingerprint density at radius 1 is 1.00 bits per heavy atom. The lowest BCUT2D eigenvalue weighted by atomic mass is 9.96. The zero-order valence-corrected chi connectivity index (χ0v) is 13.5. The maximum Gasteiger partial charge on any atom is 0.0676 e. The standard InChI is InChI=1S/C18H25N3/c1-5-14-7-9-15(10-8-14)12-18(19-4)16-11-13(3)20-21-17(16)6-2/h7-11,18-19H,5-6,12H2,1-4H3. The molecule has 1 aromatic heterocycles. The van der Waals surface area contributed by atoms with E-state index in [-0.39, 0.29) is 6.04 Å². The van der Waals surface area contributed by atoms with Gasteiger partial charge >= 0.3 is 0 Å². The Hall–Kier alpha value is -1.74. The van der Waals surface area contributed by atoms with Gasteiger partial charge in [0.15, 0.2) is 0 Å². The van der Waals surface area contributed by atoms with Gasteiger partial charge in [-0.1, -0.05) is 38.1 Å². The van der Waals surface area contributed by atoms with Crippen molar-refractivity contribution in [2.45, 2.75) is 46.1 Å². The molecule has 0 saturated heterocycles. The molecular weight excluding hydrogens is 258 g/mol. The van der Waals surface area contributed by atoms with Crippen molar-refractivity contribution in [3.63, 3.8) is 0 Å². The summed E-state index contributed by atoms with van der Waals surface area (Å²) in [5.41, 5.74) is 6.07. The van der Waals surface area contributed by atoms with Gasteiger partial charge < -0.3 is 5.32 Å². The van der Waals surface area contributed by atoms with Gasteiger partial charge in [0.2, 0.25) is 0 Å². The first kappa shape index (κ1) is 15.6. The molecule has 3 heteroatoms. The topological polar surface area (TPSA) is 37.8 Å². The largest absolute Gasteiger partial charge is 0.313 e. The van der Waals surface area contributed by atoms with E-state index in [0.717, 1.165) is 30.7 Å². The molecule has 0 aliphatic heterocycles. The number of aromatic nitrogens is 2. The summed E-state index contributed by atoms with van der Waals surface area (Å²) in [6, 6.07) is 11.3. The molecular formula is C18H25N3. The van der Waals surface area contributed by atoms with E-state index < -0.39 is 0 Å². The normalized spacial score (nSPS) is 12.4. The first-order valence-electron chi connectivity index (χ1n) is 7.76. The van der Waals surface area contributed by atoms with Gasteiger partial charge in [-0.25, -0.2) is 0 Å². The summed E-state index contributed by atoms with van der Waals surface area (Å²) in [6.45, 7) is 6.31. The Balaban J connectivity index is 2.24. The smallest absolute Gasteiger partial charge is 0.0676 e. The molecule has 0 aliphatic carbocycles. The van der Waals surface area contributed by atoms with E-state index in [1.54, 1.807) is 0 Å². The minimum absolute atomic E-state index is 0.279. The average Bonchev–Trinajstić information content (AvgIpc) is 2.53. The third-order valence-electron chi connectivity index (χ3n) is 3.96. The molecule has 0 spiro atoms. The zero-order valence-electron chi connectivity index (χ0n) is 13.5. The predicted octanol–water partition coefficient (Wildman–Crippen LogP) is 3.41. The fourth-order valence-electron chi connectivity index (χ4n) is 2.62. The van der Waals surface area contributed by atoms with E-state index in [1.807, 2.05) is 14.0 Å². The lowest BCUT2D eigenvalue weighted by molar-refractivity contribution is 0.578. The maximum atomic E-state index is 4.34. The number of nitrogens with one attached hydrogen (secondary N) is 1. The Labute approximate surface area is 127 Å². The van der Waals surface area contributed by atoms with Gasteiger partial charge in [-0.05, 0) is 56.0 Å². The van der Waals surface area contributed by atoms with Crippen LogP contribution in [-0.4, -0.2) is 17.2 Å². The second-order valence-electron chi connectivity index (χ2n) is 5.46. The molecule has 1 atom stereocenters. The molecule has 0 bridgehead atoms. The van der Waals surface area contributed by atoms with Crippen molar-refractivity contribution >= 4 is 0 Å². The van der Waals surface area contributed by atoms with Crippen LogP contribution in [0.4, 0.5) is 0 Å². The van der Waals surface area contributed by atoms with E-state index in [2.05, 4.69) is 59.7 Å². The third kappa shape index (κ3) is 3.88. The third-order valence-corrected chi connectivity index (χ3v) is 3.96. The predicted molar refractivity (Wildman–Crippen MR) is 87.5 cm³/mol. The highest BCUT2D eigenvalue weighted by molar-refractivity contribution is 5.29. The van der Waals surface area contributed by atoms with Crippen LogP contribution < -0.4 is 5.32 Å². The van der Waals surface area contributed by atoms with E-state index in [0.29, 0.717) is 0 Å². The van der Waals surface area contributed by atoms with Crippen molar-refractivity contribution in [1.29, 1.82) is 0 Å². The highest BCUT2D eigenvalue weighted by Crippen LogP contribution is 2.22. The van der Waals surface area contributed by atoms with E-state index in [9.17, 15) is 0 Å². The molecule has 0 aliphatic rings. The Bertz CT molecular complexity index is 576. The van der Waals surface area contributed by atoms with Crippen molar-refractivity contribution in [3.05, 3.63) is 58.4 Å². The van der Waals surface area contributed by atoms with Crippen LogP contribution in [0.15, 0.2) is 30.3 Å². The minimum atomic E-state index is 0.279. The van der Waals surface area contributed by atoms with Crippen LogP contribution in [0.5, 0.6) is 0 Å². The van der Waals surface area contributed by atoms with Crippen LogP contribution in [0.25, 0.3) is 0 Å². The number of hydrogen-bond acceptors (Lipinski definition) is 3. The van der Waals surface area contributed by atoms with E-state index >= 15 is 0 Å². The Morgan fingerprint density at radius 2 is 1.67 bits per heavy atom. The second-order valence-corrected chi connectivity index (χ2v) is 5.46. The summed E-state index contributed by atoms with van der Waals surface area (Å²) in [5.74, 6) is 0. The molecule has 3 nitrogen and oxygen atoms in total. The molecule has 2 aromatic rings. The number of hydrogen-bond donors (Lipinski definition) is 1. The van der Waals surface area contributed by atoms with Gasteiger partial charge in [0.25, 0.3) is 0 Å². The van der Waals surface area contributed by atoms with Gasteiger partial charge in [0, 0.05) is 6.04 Å². The molecule has 2 rings (SSSR count). The highest BCUT2D eigenvalue weighted by atomic mass is 15.1. The van der Waals surface area contributed by atoms with Crippen molar-refractivity contribution in [1.82, 2.24) is 15.5 Å². The van der Waals surface area contributed by atoms with Gasteiger partial charge in [-0.2, -0.15) is 10.2 Å². The lowest BCUT2D eigenvalue weighted by Crippen LogP contribution is -2.21. The molecule has 0 radical (unpaired) electrons. The average molecular weight is 283 g/mol. The number of likely N-dealkylation sites (N-methyl/N-ethyl adjacent to an activating group) is 1. The fourth-order valence-corrected chi connectivity index (χ4v) is 2.62. The molecule has 1 unspecified atom stereocenters. The van der Waals surface area contributed by atoms with Crippen molar-refractivity contribution in [3.8, 4) is 0 Å². The molecule has 1 aromatic carbocycles. The van der Waals surface area contributed by atoms with E-state index in [4.69, 9.17) is 0 Å². The van der Waals surface area contributed by atoms with Crippen LogP contribution in [0, 0.1) is 6.92 Å². The van der Waals surface area contributed by atoms with Crippen molar-refractivity contribution in [2.75, 3.05) is 7.05 Å². The fraction of sp³-hybridized carbons (Fsp3) is 0.444. The SMILES string of the molecule is CCc1ccc(CC(NC)c2cc(C)nnc2CC)cc1. The molecule has 1 N–H and O–H groups in total. The second kappa shape index (κ2) is 7.32. The Morgan fingerprint density at radius 3 is 2.24 bits per heavy atom. The van der Waals surface area contributed by atoms with Crippen LogP contribution in [0.2, 0.25) is 0 Å². The van der Waals surface area contributed by atoms with Crippen molar-refractivity contribution in [2.24, 2.45) is 0 Å². The molecule has 0 amide bonds. The summed E-state index contributed by atoms with van der Waals surface area (Å²) in [5, 5.41) is 12.0. The van der Waals surface area contributed by atoms with Crippen LogP contribution >= 0.6 is 0 Å². The number of aryl methyl sites for hydroxylation is 3. The number of rotatable bonds is 6. The zero-order chi connectivity index (χ0) is 15.2. The van der Waals surface area contributed by atoms with Crippen molar-refractivity contribution < 1.29 is 0 Å². The minimum Gasteiger partial charge on any atom is -0.313 e. The molecule has 21 heavy (non-hydrogen) atoms.